The van der Waals surface area contributed by atoms with Crippen LogP contribution in [0.15, 0.2) is 21.8 Å². The Morgan fingerprint density at radius 3 is 2.33 bits per heavy atom. The monoisotopic (exact) mass is 466 g/mol. The molecule has 0 amide bonds. The second-order valence-corrected chi connectivity index (χ2v) is 7.40. The molecule has 0 aliphatic heterocycles. The van der Waals surface area contributed by atoms with Gasteiger partial charge in [0.05, 0.1) is 0 Å². The van der Waals surface area contributed by atoms with Crippen molar-refractivity contribution in [2.24, 2.45) is 4.99 Å². The first-order chi connectivity index (χ1) is 11.0. The molecule has 140 valence electrons. The van der Waals surface area contributed by atoms with Gasteiger partial charge >= 0.3 is 0 Å². The zero-order valence-electron chi connectivity index (χ0n) is 16.0. The topological polar surface area (TPSA) is 39.7 Å². The predicted molar refractivity (Wildman–Crippen MR) is 119 cm³/mol. The molecule has 0 radical (unpaired) electrons. The van der Waals surface area contributed by atoms with Gasteiger partial charge in [0.15, 0.2) is 5.96 Å². The Hall–Kier alpha value is -0.340. The highest BCUT2D eigenvalue weighted by Gasteiger charge is 2.12. The quantitative estimate of drug-likeness (QED) is 0.249. The number of rotatable bonds is 9. The minimum Gasteiger partial charge on any atom is -0.356 e. The molecule has 1 unspecified atom stereocenters. The smallest absolute Gasteiger partial charge is 0.190 e. The van der Waals surface area contributed by atoms with Gasteiger partial charge in [-0.15, -0.1) is 24.0 Å². The van der Waals surface area contributed by atoms with Crippen LogP contribution in [0.3, 0.4) is 0 Å². The van der Waals surface area contributed by atoms with Crippen LogP contribution in [0.4, 0.5) is 0 Å². The van der Waals surface area contributed by atoms with E-state index in [-0.39, 0.29) is 24.0 Å². The van der Waals surface area contributed by atoms with E-state index < -0.39 is 0 Å². The third-order valence-electron chi connectivity index (χ3n) is 4.12. The number of aliphatic imine (C=N–C) groups is 1. The van der Waals surface area contributed by atoms with E-state index in [1.165, 1.54) is 5.56 Å². The first kappa shape index (κ1) is 23.7. The molecule has 24 heavy (non-hydrogen) atoms. The minimum absolute atomic E-state index is 0. The number of nitrogens with one attached hydrogen (secondary N) is 2. The van der Waals surface area contributed by atoms with Crippen molar-refractivity contribution in [1.29, 1.82) is 0 Å². The van der Waals surface area contributed by atoms with Gasteiger partial charge in [-0.3, -0.25) is 9.89 Å². The van der Waals surface area contributed by atoms with E-state index >= 15 is 0 Å². The number of nitrogens with zero attached hydrogens (tertiary/aromatic N) is 2. The Labute approximate surface area is 169 Å². The Kier molecular flexibility index (Phi) is 12.8. The van der Waals surface area contributed by atoms with Gasteiger partial charge in [0.2, 0.25) is 0 Å². The number of guanidine groups is 1. The zero-order valence-corrected chi connectivity index (χ0v) is 19.2. The minimum atomic E-state index is 0. The molecule has 1 heterocycles. The average Bonchev–Trinajstić information content (AvgIpc) is 3.03. The standard InChI is InChI=1S/C18H34N4S.HI/c1-14(2)22(15(3)4)10-7-9-20-18(19-6)21-12-16(5)17-8-11-23-13-17;/h8,11,13-16H,7,9-10,12H2,1-6H3,(H2,19,20,21);1H. The second-order valence-electron chi connectivity index (χ2n) is 6.62. The van der Waals surface area contributed by atoms with Crippen LogP contribution in [0.5, 0.6) is 0 Å². The normalized spacial score (nSPS) is 13.3. The SMILES string of the molecule is CN=C(NCCCN(C(C)C)C(C)C)NCC(C)c1ccsc1.I. The molecule has 6 heteroatoms. The van der Waals surface area contributed by atoms with Crippen LogP contribution in [0.25, 0.3) is 0 Å². The summed E-state index contributed by atoms with van der Waals surface area (Å²) in [4.78, 5) is 6.84. The molecule has 1 aromatic heterocycles. The highest BCUT2D eigenvalue weighted by atomic mass is 127. The fourth-order valence-electron chi connectivity index (χ4n) is 2.72. The van der Waals surface area contributed by atoms with Crippen molar-refractivity contribution in [2.45, 2.75) is 59.0 Å². The molecule has 0 fully saturated rings. The van der Waals surface area contributed by atoms with Crippen molar-refractivity contribution in [3.8, 4) is 0 Å². The van der Waals surface area contributed by atoms with Crippen LogP contribution in [0.2, 0.25) is 0 Å². The third kappa shape index (κ3) is 8.67. The van der Waals surface area contributed by atoms with Crippen LogP contribution < -0.4 is 10.6 Å². The van der Waals surface area contributed by atoms with Crippen molar-refractivity contribution < 1.29 is 0 Å². The zero-order chi connectivity index (χ0) is 17.2. The van der Waals surface area contributed by atoms with E-state index in [1.807, 2.05) is 7.05 Å². The summed E-state index contributed by atoms with van der Waals surface area (Å²) >= 11 is 1.75. The van der Waals surface area contributed by atoms with Gasteiger partial charge in [0.25, 0.3) is 0 Å². The number of hydrogen-bond acceptors (Lipinski definition) is 3. The summed E-state index contributed by atoms with van der Waals surface area (Å²) < 4.78 is 0. The lowest BCUT2D eigenvalue weighted by Crippen LogP contribution is -2.42. The third-order valence-corrected chi connectivity index (χ3v) is 4.83. The molecule has 0 aliphatic rings. The van der Waals surface area contributed by atoms with Gasteiger partial charge in [-0.05, 0) is 62.4 Å². The Morgan fingerprint density at radius 2 is 1.83 bits per heavy atom. The van der Waals surface area contributed by atoms with Crippen molar-refractivity contribution >= 4 is 41.3 Å². The van der Waals surface area contributed by atoms with Crippen molar-refractivity contribution in [2.75, 3.05) is 26.7 Å². The van der Waals surface area contributed by atoms with Crippen LogP contribution in [0, 0.1) is 0 Å². The first-order valence-corrected chi connectivity index (χ1v) is 9.62. The van der Waals surface area contributed by atoms with E-state index in [4.69, 9.17) is 0 Å². The highest BCUT2D eigenvalue weighted by molar-refractivity contribution is 14.0. The predicted octanol–water partition coefficient (Wildman–Crippen LogP) is 4.14. The fraction of sp³-hybridized carbons (Fsp3) is 0.722. The van der Waals surface area contributed by atoms with E-state index in [2.05, 4.69) is 72.0 Å². The average molecular weight is 466 g/mol. The summed E-state index contributed by atoms with van der Waals surface area (Å²) in [6.07, 6.45) is 1.12. The molecule has 0 saturated heterocycles. The number of hydrogen-bond donors (Lipinski definition) is 2. The van der Waals surface area contributed by atoms with Gasteiger partial charge < -0.3 is 10.6 Å². The van der Waals surface area contributed by atoms with Crippen molar-refractivity contribution in [1.82, 2.24) is 15.5 Å². The maximum atomic E-state index is 4.31. The molecular formula is C18H35IN4S. The summed E-state index contributed by atoms with van der Waals surface area (Å²) in [6, 6.07) is 3.39. The lowest BCUT2D eigenvalue weighted by atomic mass is 10.1. The second kappa shape index (κ2) is 12.9. The van der Waals surface area contributed by atoms with Crippen LogP contribution >= 0.6 is 35.3 Å². The van der Waals surface area contributed by atoms with Gasteiger partial charge in [-0.25, -0.2) is 0 Å². The van der Waals surface area contributed by atoms with Gasteiger partial charge in [0.1, 0.15) is 0 Å². The molecule has 0 aliphatic carbocycles. The molecular weight excluding hydrogens is 431 g/mol. The summed E-state index contributed by atoms with van der Waals surface area (Å²) in [5.41, 5.74) is 1.39. The number of thiophene rings is 1. The molecule has 1 atom stereocenters. The van der Waals surface area contributed by atoms with E-state index in [9.17, 15) is 0 Å². The molecule has 0 bridgehead atoms. The van der Waals surface area contributed by atoms with Crippen molar-refractivity contribution in [3.63, 3.8) is 0 Å². The van der Waals surface area contributed by atoms with Crippen LogP contribution in [-0.2, 0) is 0 Å². The maximum Gasteiger partial charge on any atom is 0.190 e. The molecule has 4 nitrogen and oxygen atoms in total. The summed E-state index contributed by atoms with van der Waals surface area (Å²) in [6.45, 7) is 14.3. The molecule has 0 spiro atoms. The molecule has 2 N–H and O–H groups in total. The Balaban J connectivity index is 0.00000529. The number of halogens is 1. The fourth-order valence-corrected chi connectivity index (χ4v) is 3.51. The van der Waals surface area contributed by atoms with Crippen LogP contribution in [-0.4, -0.2) is 49.6 Å². The maximum absolute atomic E-state index is 4.31. The van der Waals surface area contributed by atoms with Gasteiger partial charge in [-0.2, -0.15) is 11.3 Å². The highest BCUT2D eigenvalue weighted by Crippen LogP contribution is 2.16. The molecule has 0 saturated carbocycles. The van der Waals surface area contributed by atoms with E-state index in [1.54, 1.807) is 11.3 Å². The summed E-state index contributed by atoms with van der Waals surface area (Å²) in [5.74, 6) is 1.39. The first-order valence-electron chi connectivity index (χ1n) is 8.68. The van der Waals surface area contributed by atoms with Gasteiger partial charge in [0, 0.05) is 38.8 Å². The Bertz CT molecular complexity index is 438. The summed E-state index contributed by atoms with van der Waals surface area (Å²) in [5, 5.41) is 11.2. The largest absolute Gasteiger partial charge is 0.356 e. The van der Waals surface area contributed by atoms with Gasteiger partial charge in [-0.1, -0.05) is 6.92 Å². The van der Waals surface area contributed by atoms with Crippen LogP contribution in [0.1, 0.15) is 52.5 Å². The lowest BCUT2D eigenvalue weighted by Gasteiger charge is -2.30. The van der Waals surface area contributed by atoms with Crippen molar-refractivity contribution in [3.05, 3.63) is 22.4 Å². The molecule has 0 aromatic carbocycles. The van der Waals surface area contributed by atoms with E-state index in [0.717, 1.165) is 32.0 Å². The van der Waals surface area contributed by atoms with E-state index in [0.29, 0.717) is 18.0 Å². The molecule has 1 aromatic rings. The molecule has 1 rings (SSSR count). The Morgan fingerprint density at radius 1 is 1.17 bits per heavy atom. The summed E-state index contributed by atoms with van der Waals surface area (Å²) in [7, 11) is 1.83. The lowest BCUT2D eigenvalue weighted by molar-refractivity contribution is 0.173.